The molecule has 164 valence electrons. The Labute approximate surface area is 185 Å². The van der Waals surface area contributed by atoms with E-state index in [9.17, 15) is 9.59 Å². The maximum atomic E-state index is 12.5. The zero-order valence-electron chi connectivity index (χ0n) is 17.8. The molecule has 0 bridgehead atoms. The molecule has 1 saturated carbocycles. The van der Waals surface area contributed by atoms with Gasteiger partial charge in [0.15, 0.2) is 11.2 Å². The fourth-order valence-electron chi connectivity index (χ4n) is 4.32. The van der Waals surface area contributed by atoms with E-state index in [0.29, 0.717) is 17.0 Å². The van der Waals surface area contributed by atoms with Crippen LogP contribution in [0.4, 0.5) is 0 Å². The Morgan fingerprint density at radius 2 is 1.91 bits per heavy atom. The molecule has 32 heavy (non-hydrogen) atoms. The van der Waals surface area contributed by atoms with E-state index in [1.54, 1.807) is 24.3 Å². The molecule has 1 aromatic carbocycles. The number of imidazole rings is 1. The van der Waals surface area contributed by atoms with Gasteiger partial charge >= 0.3 is 0 Å². The summed E-state index contributed by atoms with van der Waals surface area (Å²) in [5, 5.41) is 6.91. The standard InChI is InChI=1S/C25H26N4O3/c30-21-12-23(32-22-9-5-4-8-20(21)22)25(31)27-14-19-16-29-15-17(10-11-24(29)28-19)13-26-18-6-2-1-3-7-18/h4-5,8-12,15-16,18,26H,1-3,6-7,13-14H2,(H,27,31). The van der Waals surface area contributed by atoms with Gasteiger partial charge in [-0.2, -0.15) is 0 Å². The lowest BCUT2D eigenvalue weighted by molar-refractivity contribution is 0.0923. The molecule has 7 nitrogen and oxygen atoms in total. The fourth-order valence-corrected chi connectivity index (χ4v) is 4.32. The summed E-state index contributed by atoms with van der Waals surface area (Å²) in [4.78, 5) is 29.3. The lowest BCUT2D eigenvalue weighted by Gasteiger charge is -2.22. The minimum Gasteiger partial charge on any atom is -0.451 e. The molecule has 1 aliphatic rings. The Kier molecular flexibility index (Phi) is 5.73. The molecule has 3 aromatic heterocycles. The second kappa shape index (κ2) is 8.96. The minimum atomic E-state index is -0.442. The van der Waals surface area contributed by atoms with Crippen LogP contribution in [0.5, 0.6) is 0 Å². The monoisotopic (exact) mass is 430 g/mol. The van der Waals surface area contributed by atoms with E-state index in [4.69, 9.17) is 4.42 Å². The Hall–Kier alpha value is -3.45. The van der Waals surface area contributed by atoms with E-state index in [1.165, 1.54) is 43.7 Å². The molecule has 0 unspecified atom stereocenters. The predicted molar refractivity (Wildman–Crippen MR) is 123 cm³/mol. The van der Waals surface area contributed by atoms with Crippen LogP contribution in [0.1, 0.15) is 53.9 Å². The van der Waals surface area contributed by atoms with Gasteiger partial charge in [0.25, 0.3) is 5.91 Å². The average Bonchev–Trinajstić information content (AvgIpc) is 3.24. The van der Waals surface area contributed by atoms with Gasteiger partial charge in [-0.3, -0.25) is 9.59 Å². The summed E-state index contributed by atoms with van der Waals surface area (Å²) >= 11 is 0. The molecule has 2 N–H and O–H groups in total. The van der Waals surface area contributed by atoms with Crippen molar-refractivity contribution in [2.75, 3.05) is 0 Å². The third kappa shape index (κ3) is 4.43. The van der Waals surface area contributed by atoms with Gasteiger partial charge in [0.05, 0.1) is 17.6 Å². The van der Waals surface area contributed by atoms with Gasteiger partial charge in [0.1, 0.15) is 11.2 Å². The summed E-state index contributed by atoms with van der Waals surface area (Å²) < 4.78 is 7.58. The summed E-state index contributed by atoms with van der Waals surface area (Å²) in [5.74, 6) is -0.448. The molecule has 1 fully saturated rings. The number of pyridine rings is 1. The number of nitrogens with one attached hydrogen (secondary N) is 2. The highest BCUT2D eigenvalue weighted by Crippen LogP contribution is 2.18. The SMILES string of the molecule is O=C(NCc1cn2cc(CNC3CCCCC3)ccc2n1)c1cc(=O)c2ccccc2o1. The molecule has 7 heteroatoms. The third-order valence-electron chi connectivity index (χ3n) is 6.05. The molecule has 0 aliphatic heterocycles. The predicted octanol–water partition coefficient (Wildman–Crippen LogP) is 3.79. The molecule has 4 aromatic rings. The molecule has 0 spiro atoms. The summed E-state index contributed by atoms with van der Waals surface area (Å²) in [6.45, 7) is 1.08. The van der Waals surface area contributed by atoms with E-state index in [2.05, 4.69) is 27.9 Å². The number of hydrogen-bond acceptors (Lipinski definition) is 5. The molecule has 5 rings (SSSR count). The van der Waals surface area contributed by atoms with Crippen molar-refractivity contribution in [3.05, 3.63) is 82.1 Å². The minimum absolute atomic E-state index is 0.00598. The number of carbonyl (C=O) groups excluding carboxylic acids is 1. The van der Waals surface area contributed by atoms with E-state index < -0.39 is 5.91 Å². The second-order valence-corrected chi connectivity index (χ2v) is 8.40. The van der Waals surface area contributed by atoms with Gasteiger partial charge in [0, 0.05) is 31.0 Å². The topological polar surface area (TPSA) is 88.6 Å². The van der Waals surface area contributed by atoms with Crippen LogP contribution in [0.3, 0.4) is 0 Å². The Bertz CT molecular complexity index is 1320. The number of para-hydroxylation sites is 1. The highest BCUT2D eigenvalue weighted by molar-refractivity contribution is 5.93. The van der Waals surface area contributed by atoms with Crippen molar-refractivity contribution >= 4 is 22.5 Å². The number of aromatic nitrogens is 2. The molecular formula is C25H26N4O3. The van der Waals surface area contributed by atoms with E-state index in [-0.39, 0.29) is 17.7 Å². The van der Waals surface area contributed by atoms with Gasteiger partial charge in [-0.1, -0.05) is 37.5 Å². The highest BCUT2D eigenvalue weighted by atomic mass is 16.3. The van der Waals surface area contributed by atoms with Gasteiger partial charge in [0.2, 0.25) is 0 Å². The van der Waals surface area contributed by atoms with Gasteiger partial charge in [-0.15, -0.1) is 0 Å². The Morgan fingerprint density at radius 1 is 1.06 bits per heavy atom. The number of benzene rings is 1. The van der Waals surface area contributed by atoms with Crippen molar-refractivity contribution in [3.63, 3.8) is 0 Å². The highest BCUT2D eigenvalue weighted by Gasteiger charge is 2.14. The zero-order chi connectivity index (χ0) is 21.9. The van der Waals surface area contributed by atoms with Gasteiger partial charge in [-0.25, -0.2) is 4.98 Å². The first-order valence-corrected chi connectivity index (χ1v) is 11.2. The Morgan fingerprint density at radius 3 is 2.78 bits per heavy atom. The molecular weight excluding hydrogens is 404 g/mol. The van der Waals surface area contributed by atoms with E-state index >= 15 is 0 Å². The zero-order valence-corrected chi connectivity index (χ0v) is 17.8. The normalized spacial score (nSPS) is 14.8. The van der Waals surface area contributed by atoms with Crippen LogP contribution in [0.2, 0.25) is 0 Å². The fraction of sp³-hybridized carbons (Fsp3) is 0.320. The van der Waals surface area contributed by atoms with Crippen LogP contribution in [0.15, 0.2) is 64.1 Å². The number of fused-ring (bicyclic) bond motifs is 2. The van der Waals surface area contributed by atoms with Crippen LogP contribution in [-0.4, -0.2) is 21.3 Å². The van der Waals surface area contributed by atoms with Crippen LogP contribution in [0, 0.1) is 0 Å². The lowest BCUT2D eigenvalue weighted by Crippen LogP contribution is -2.30. The van der Waals surface area contributed by atoms with Crippen LogP contribution in [0.25, 0.3) is 16.6 Å². The smallest absolute Gasteiger partial charge is 0.287 e. The molecule has 1 amide bonds. The van der Waals surface area contributed by atoms with Crippen LogP contribution in [-0.2, 0) is 13.1 Å². The summed E-state index contributed by atoms with van der Waals surface area (Å²) in [6, 6.07) is 12.8. The quantitative estimate of drug-likeness (QED) is 0.486. The van der Waals surface area contributed by atoms with Gasteiger partial charge in [-0.05, 0) is 36.6 Å². The van der Waals surface area contributed by atoms with Crippen molar-refractivity contribution in [1.29, 1.82) is 0 Å². The second-order valence-electron chi connectivity index (χ2n) is 8.40. The largest absolute Gasteiger partial charge is 0.451 e. The molecule has 0 atom stereocenters. The number of amides is 1. The van der Waals surface area contributed by atoms with Crippen LogP contribution >= 0.6 is 0 Å². The first kappa shape index (κ1) is 20.5. The summed E-state index contributed by atoms with van der Waals surface area (Å²) in [6.07, 6.45) is 10.5. The number of hydrogen-bond donors (Lipinski definition) is 2. The van der Waals surface area contributed by atoms with Crippen molar-refractivity contribution in [3.8, 4) is 0 Å². The number of carbonyl (C=O) groups is 1. The van der Waals surface area contributed by atoms with E-state index in [0.717, 1.165) is 17.9 Å². The maximum absolute atomic E-state index is 12.5. The van der Waals surface area contributed by atoms with Crippen molar-refractivity contribution < 1.29 is 9.21 Å². The first-order chi connectivity index (χ1) is 15.7. The van der Waals surface area contributed by atoms with Crippen molar-refractivity contribution in [1.82, 2.24) is 20.0 Å². The van der Waals surface area contributed by atoms with E-state index in [1.807, 2.05) is 16.7 Å². The molecule has 0 radical (unpaired) electrons. The molecule has 3 heterocycles. The number of rotatable bonds is 6. The molecule has 1 aliphatic carbocycles. The van der Waals surface area contributed by atoms with Crippen molar-refractivity contribution in [2.45, 2.75) is 51.2 Å². The van der Waals surface area contributed by atoms with Crippen LogP contribution < -0.4 is 16.1 Å². The average molecular weight is 431 g/mol. The third-order valence-corrected chi connectivity index (χ3v) is 6.05. The Balaban J connectivity index is 1.24. The lowest BCUT2D eigenvalue weighted by atomic mass is 9.95. The van der Waals surface area contributed by atoms with Gasteiger partial charge < -0.3 is 19.5 Å². The first-order valence-electron chi connectivity index (χ1n) is 11.2. The van der Waals surface area contributed by atoms with Crippen molar-refractivity contribution in [2.24, 2.45) is 0 Å². The summed E-state index contributed by atoms with van der Waals surface area (Å²) in [5.41, 5.74) is 2.92. The maximum Gasteiger partial charge on any atom is 0.287 e. The summed E-state index contributed by atoms with van der Waals surface area (Å²) in [7, 11) is 0. The number of nitrogens with zero attached hydrogens (tertiary/aromatic N) is 2. The molecule has 0 saturated heterocycles.